The normalized spacial score (nSPS) is 11.8. The average molecular weight is 313 g/mol. The van der Waals surface area contributed by atoms with Crippen LogP contribution in [0.25, 0.3) is 0 Å². The van der Waals surface area contributed by atoms with Gasteiger partial charge < -0.3 is 15.8 Å². The highest BCUT2D eigenvalue weighted by Crippen LogP contribution is 2.26. The van der Waals surface area contributed by atoms with E-state index >= 15 is 0 Å². The van der Waals surface area contributed by atoms with E-state index in [4.69, 9.17) is 10.5 Å². The molecule has 5 heteroatoms. The Morgan fingerprint density at radius 3 is 2.74 bits per heavy atom. The molecule has 0 aliphatic carbocycles. The molecule has 1 unspecified atom stereocenters. The third kappa shape index (κ3) is 5.07. The van der Waals surface area contributed by atoms with E-state index in [9.17, 15) is 4.79 Å². The Morgan fingerprint density at radius 2 is 2.09 bits per heavy atom. The summed E-state index contributed by atoms with van der Waals surface area (Å²) in [5.41, 5.74) is 8.54. The molecule has 1 aromatic heterocycles. The molecule has 122 valence electrons. The van der Waals surface area contributed by atoms with Crippen molar-refractivity contribution in [3.63, 3.8) is 0 Å². The fraction of sp³-hybridized carbons (Fsp3) is 0.333. The lowest BCUT2D eigenvalue weighted by Crippen LogP contribution is -2.19. The molecule has 5 nitrogen and oxygen atoms in total. The Morgan fingerprint density at radius 1 is 1.30 bits per heavy atom. The third-order valence-corrected chi connectivity index (χ3v) is 3.62. The van der Waals surface area contributed by atoms with Gasteiger partial charge in [0.15, 0.2) is 0 Å². The molecule has 23 heavy (non-hydrogen) atoms. The van der Waals surface area contributed by atoms with Gasteiger partial charge in [-0.2, -0.15) is 0 Å². The maximum absolute atomic E-state index is 11.7. The van der Waals surface area contributed by atoms with E-state index in [1.807, 2.05) is 39.0 Å². The molecule has 0 radical (unpaired) electrons. The Kier molecular flexibility index (Phi) is 5.71. The number of hydrogen-bond acceptors (Lipinski definition) is 4. The number of hydrogen-bond donors (Lipinski definition) is 2. The van der Waals surface area contributed by atoms with Gasteiger partial charge in [0.25, 0.3) is 0 Å². The molecular formula is C18H23N3O2. The first-order chi connectivity index (χ1) is 11.0. The van der Waals surface area contributed by atoms with Crippen LogP contribution in [0.1, 0.15) is 30.9 Å². The molecule has 0 aliphatic heterocycles. The first kappa shape index (κ1) is 17.0. The Bertz CT molecular complexity index is 666. The highest BCUT2D eigenvalue weighted by atomic mass is 16.5. The topological polar surface area (TPSA) is 77.2 Å². The van der Waals surface area contributed by atoms with Crippen molar-refractivity contribution >= 4 is 11.6 Å². The van der Waals surface area contributed by atoms with E-state index in [2.05, 4.69) is 10.3 Å². The molecule has 1 heterocycles. The summed E-state index contributed by atoms with van der Waals surface area (Å²) >= 11 is 0. The summed E-state index contributed by atoms with van der Waals surface area (Å²) in [5, 5.41) is 2.80. The van der Waals surface area contributed by atoms with E-state index in [1.165, 1.54) is 5.56 Å². The largest absolute Gasteiger partial charge is 0.439 e. The molecule has 0 aliphatic rings. The second-order valence-corrected chi connectivity index (χ2v) is 5.75. The van der Waals surface area contributed by atoms with E-state index in [1.54, 1.807) is 18.3 Å². The molecule has 0 bridgehead atoms. The Labute approximate surface area is 136 Å². The van der Waals surface area contributed by atoms with Crippen molar-refractivity contribution in [1.82, 2.24) is 4.98 Å². The Balaban J connectivity index is 1.97. The molecule has 0 saturated heterocycles. The van der Waals surface area contributed by atoms with Gasteiger partial charge >= 0.3 is 0 Å². The van der Waals surface area contributed by atoms with Crippen molar-refractivity contribution in [2.24, 2.45) is 5.73 Å². The lowest BCUT2D eigenvalue weighted by Gasteiger charge is -2.10. The third-order valence-electron chi connectivity index (χ3n) is 3.62. The molecular weight excluding hydrogens is 290 g/mol. The van der Waals surface area contributed by atoms with Gasteiger partial charge in [-0.1, -0.05) is 12.1 Å². The molecule has 0 fully saturated rings. The van der Waals surface area contributed by atoms with Crippen LogP contribution in [0.15, 0.2) is 36.5 Å². The number of carbonyl (C=O) groups excluding carboxylic acids is 1. The van der Waals surface area contributed by atoms with E-state index in [-0.39, 0.29) is 11.9 Å². The number of nitrogens with one attached hydrogen (secondary N) is 1. The van der Waals surface area contributed by atoms with Crippen molar-refractivity contribution in [3.05, 3.63) is 47.7 Å². The predicted octanol–water partition coefficient (Wildman–Crippen LogP) is 3.56. The summed E-state index contributed by atoms with van der Waals surface area (Å²) in [5.74, 6) is 1.21. The zero-order chi connectivity index (χ0) is 16.8. The molecule has 1 amide bonds. The zero-order valence-electron chi connectivity index (χ0n) is 13.8. The number of aromatic nitrogens is 1. The highest BCUT2D eigenvalue weighted by molar-refractivity contribution is 5.90. The van der Waals surface area contributed by atoms with E-state index in [0.29, 0.717) is 24.4 Å². The number of pyridine rings is 1. The number of ether oxygens (including phenoxy) is 1. The average Bonchev–Trinajstić information content (AvgIpc) is 2.52. The van der Waals surface area contributed by atoms with Gasteiger partial charge in [-0.05, 0) is 50.5 Å². The molecule has 2 aromatic rings. The quantitative estimate of drug-likeness (QED) is 0.855. The fourth-order valence-corrected chi connectivity index (χ4v) is 2.04. The van der Waals surface area contributed by atoms with Crippen molar-refractivity contribution in [2.45, 2.75) is 39.7 Å². The van der Waals surface area contributed by atoms with Gasteiger partial charge in [-0.15, -0.1) is 0 Å². The standard InChI is InChI=1S/C18H23N3O2/c1-12-5-4-6-16(14(12)3)23-18-10-8-15(11-20-18)21-17(22)9-7-13(2)19/h4-6,8,10-11,13H,7,9,19H2,1-3H3,(H,21,22). The van der Waals surface area contributed by atoms with Crippen LogP contribution >= 0.6 is 0 Å². The second kappa shape index (κ2) is 7.74. The number of aryl methyl sites for hydroxylation is 1. The van der Waals surface area contributed by atoms with Crippen LogP contribution in [-0.2, 0) is 4.79 Å². The van der Waals surface area contributed by atoms with Gasteiger partial charge in [0.2, 0.25) is 11.8 Å². The smallest absolute Gasteiger partial charge is 0.224 e. The number of nitrogens with two attached hydrogens (primary N) is 1. The van der Waals surface area contributed by atoms with Crippen LogP contribution in [0.3, 0.4) is 0 Å². The second-order valence-electron chi connectivity index (χ2n) is 5.75. The summed E-state index contributed by atoms with van der Waals surface area (Å²) in [6, 6.07) is 9.43. The van der Waals surface area contributed by atoms with Gasteiger partial charge in [-0.25, -0.2) is 4.98 Å². The molecule has 0 saturated carbocycles. The molecule has 3 N–H and O–H groups in total. The number of nitrogens with zero attached hydrogens (tertiary/aromatic N) is 1. The van der Waals surface area contributed by atoms with E-state index < -0.39 is 0 Å². The number of rotatable bonds is 6. The van der Waals surface area contributed by atoms with Crippen LogP contribution in [-0.4, -0.2) is 16.9 Å². The zero-order valence-corrected chi connectivity index (χ0v) is 13.8. The van der Waals surface area contributed by atoms with Crippen molar-refractivity contribution in [2.75, 3.05) is 5.32 Å². The first-order valence-corrected chi connectivity index (χ1v) is 7.71. The van der Waals surface area contributed by atoms with Gasteiger partial charge in [-0.3, -0.25) is 4.79 Å². The lowest BCUT2D eigenvalue weighted by atomic mass is 10.1. The minimum absolute atomic E-state index is 0.0206. The number of amides is 1. The summed E-state index contributed by atoms with van der Waals surface area (Å²) in [4.78, 5) is 16.0. The minimum Gasteiger partial charge on any atom is -0.439 e. The maximum atomic E-state index is 11.7. The monoisotopic (exact) mass is 313 g/mol. The van der Waals surface area contributed by atoms with Gasteiger partial charge in [0, 0.05) is 18.5 Å². The maximum Gasteiger partial charge on any atom is 0.224 e. The lowest BCUT2D eigenvalue weighted by molar-refractivity contribution is -0.116. The van der Waals surface area contributed by atoms with Gasteiger partial charge in [0.05, 0.1) is 11.9 Å². The van der Waals surface area contributed by atoms with Crippen LogP contribution < -0.4 is 15.8 Å². The van der Waals surface area contributed by atoms with Crippen molar-refractivity contribution < 1.29 is 9.53 Å². The Hall–Kier alpha value is -2.40. The molecule has 1 atom stereocenters. The van der Waals surface area contributed by atoms with Gasteiger partial charge in [0.1, 0.15) is 5.75 Å². The molecule has 0 spiro atoms. The van der Waals surface area contributed by atoms with Crippen molar-refractivity contribution in [1.29, 1.82) is 0 Å². The predicted molar refractivity (Wildman–Crippen MR) is 91.7 cm³/mol. The number of carbonyl (C=O) groups is 1. The summed E-state index contributed by atoms with van der Waals surface area (Å²) in [6.07, 6.45) is 2.65. The van der Waals surface area contributed by atoms with Crippen LogP contribution in [0.4, 0.5) is 5.69 Å². The van der Waals surface area contributed by atoms with Crippen LogP contribution in [0, 0.1) is 13.8 Å². The van der Waals surface area contributed by atoms with Crippen LogP contribution in [0.5, 0.6) is 11.6 Å². The molecule has 2 rings (SSSR count). The summed E-state index contributed by atoms with van der Waals surface area (Å²) in [7, 11) is 0. The molecule has 1 aromatic carbocycles. The fourth-order valence-electron chi connectivity index (χ4n) is 2.04. The van der Waals surface area contributed by atoms with Crippen molar-refractivity contribution in [3.8, 4) is 11.6 Å². The first-order valence-electron chi connectivity index (χ1n) is 7.71. The summed E-state index contributed by atoms with van der Waals surface area (Å²) < 4.78 is 5.79. The number of anilines is 1. The number of benzene rings is 1. The SMILES string of the molecule is Cc1cccc(Oc2ccc(NC(=O)CCC(C)N)cn2)c1C. The van der Waals surface area contributed by atoms with E-state index in [0.717, 1.165) is 11.3 Å². The summed E-state index contributed by atoms with van der Waals surface area (Å²) in [6.45, 7) is 5.93. The highest BCUT2D eigenvalue weighted by Gasteiger charge is 2.07. The van der Waals surface area contributed by atoms with Crippen LogP contribution in [0.2, 0.25) is 0 Å². The minimum atomic E-state index is -0.0627.